The third kappa shape index (κ3) is 6.92. The van der Waals surface area contributed by atoms with Crippen LogP contribution in [0, 0.1) is 0 Å². The first-order valence-corrected chi connectivity index (χ1v) is 7.71. The maximum Gasteiger partial charge on any atom is 0.119 e. The maximum atomic E-state index is 5.73. The van der Waals surface area contributed by atoms with Crippen molar-refractivity contribution in [2.45, 2.75) is 32.6 Å². The molecule has 0 aliphatic rings. The van der Waals surface area contributed by atoms with Gasteiger partial charge < -0.3 is 15.0 Å². The van der Waals surface area contributed by atoms with E-state index in [0.717, 1.165) is 32.0 Å². The van der Waals surface area contributed by atoms with Gasteiger partial charge in [-0.25, -0.2) is 0 Å². The molecule has 0 radical (unpaired) electrons. The van der Waals surface area contributed by atoms with Crippen LogP contribution in [0.3, 0.4) is 0 Å². The Balaban J connectivity index is 2.13. The molecular weight excluding hydrogens is 248 g/mol. The van der Waals surface area contributed by atoms with Crippen LogP contribution in [0.1, 0.15) is 38.2 Å². The minimum Gasteiger partial charge on any atom is -0.492 e. The Morgan fingerprint density at radius 2 is 1.85 bits per heavy atom. The van der Waals surface area contributed by atoms with E-state index in [1.54, 1.807) is 0 Å². The van der Waals surface area contributed by atoms with Crippen molar-refractivity contribution < 1.29 is 4.74 Å². The third-order valence-corrected chi connectivity index (χ3v) is 3.57. The third-order valence-electron chi connectivity index (χ3n) is 3.57. The normalized spacial score (nSPS) is 12.7. The van der Waals surface area contributed by atoms with Crippen molar-refractivity contribution in [3.05, 3.63) is 29.8 Å². The predicted molar refractivity (Wildman–Crippen MR) is 86.7 cm³/mol. The highest BCUT2D eigenvalue weighted by molar-refractivity contribution is 5.29. The fourth-order valence-electron chi connectivity index (χ4n) is 2.01. The van der Waals surface area contributed by atoms with E-state index in [1.165, 1.54) is 18.4 Å². The lowest BCUT2D eigenvalue weighted by atomic mass is 9.99. The second-order valence-corrected chi connectivity index (χ2v) is 5.63. The summed E-state index contributed by atoms with van der Waals surface area (Å²) < 4.78 is 5.73. The van der Waals surface area contributed by atoms with Gasteiger partial charge in [-0.2, -0.15) is 0 Å². The van der Waals surface area contributed by atoms with E-state index in [4.69, 9.17) is 4.74 Å². The zero-order valence-corrected chi connectivity index (χ0v) is 13.5. The minimum atomic E-state index is 0.627. The van der Waals surface area contributed by atoms with Crippen LogP contribution >= 0.6 is 0 Å². The van der Waals surface area contributed by atoms with Crippen molar-refractivity contribution in [2.24, 2.45) is 0 Å². The van der Waals surface area contributed by atoms with E-state index in [1.807, 2.05) is 0 Å². The topological polar surface area (TPSA) is 24.5 Å². The van der Waals surface area contributed by atoms with Crippen molar-refractivity contribution in [3.8, 4) is 5.75 Å². The van der Waals surface area contributed by atoms with Gasteiger partial charge in [0.05, 0.1) is 0 Å². The van der Waals surface area contributed by atoms with Gasteiger partial charge in [0.15, 0.2) is 0 Å². The van der Waals surface area contributed by atoms with Gasteiger partial charge in [-0.1, -0.05) is 26.0 Å². The van der Waals surface area contributed by atoms with Crippen molar-refractivity contribution >= 4 is 0 Å². The van der Waals surface area contributed by atoms with Crippen LogP contribution in [-0.2, 0) is 0 Å². The number of hydrogen-bond acceptors (Lipinski definition) is 3. The van der Waals surface area contributed by atoms with Crippen LogP contribution in [-0.4, -0.2) is 45.2 Å². The number of ether oxygens (including phenoxy) is 1. The van der Waals surface area contributed by atoms with Gasteiger partial charge in [0.25, 0.3) is 0 Å². The zero-order valence-electron chi connectivity index (χ0n) is 13.5. The summed E-state index contributed by atoms with van der Waals surface area (Å²) in [5, 5.41) is 3.40. The largest absolute Gasteiger partial charge is 0.492 e. The Morgan fingerprint density at radius 1 is 1.15 bits per heavy atom. The Kier molecular flexibility index (Phi) is 8.31. The van der Waals surface area contributed by atoms with Gasteiger partial charge in [-0.15, -0.1) is 0 Å². The van der Waals surface area contributed by atoms with Crippen LogP contribution in [0.5, 0.6) is 5.75 Å². The molecule has 20 heavy (non-hydrogen) atoms. The van der Waals surface area contributed by atoms with Crippen LogP contribution in [0.15, 0.2) is 24.3 Å². The van der Waals surface area contributed by atoms with E-state index < -0.39 is 0 Å². The minimum absolute atomic E-state index is 0.627. The summed E-state index contributed by atoms with van der Waals surface area (Å²) in [5.74, 6) is 1.59. The van der Waals surface area contributed by atoms with Gasteiger partial charge in [0.2, 0.25) is 0 Å². The highest BCUT2D eigenvalue weighted by Crippen LogP contribution is 2.21. The Hall–Kier alpha value is -1.06. The molecule has 1 N–H and O–H groups in total. The molecular formula is C17H30N2O. The van der Waals surface area contributed by atoms with E-state index >= 15 is 0 Å². The molecule has 1 unspecified atom stereocenters. The molecule has 1 aromatic rings. The molecule has 0 bridgehead atoms. The number of rotatable bonds is 10. The molecule has 0 amide bonds. The molecule has 0 heterocycles. The molecule has 0 aromatic heterocycles. The Labute approximate surface area is 124 Å². The molecule has 0 aliphatic heterocycles. The lowest BCUT2D eigenvalue weighted by Gasteiger charge is -2.12. The molecule has 0 aliphatic carbocycles. The van der Waals surface area contributed by atoms with E-state index in [9.17, 15) is 0 Å². The molecule has 114 valence electrons. The monoisotopic (exact) mass is 278 g/mol. The van der Waals surface area contributed by atoms with E-state index in [0.29, 0.717) is 5.92 Å². The molecule has 0 saturated carbocycles. The van der Waals surface area contributed by atoms with Gasteiger partial charge in [0, 0.05) is 6.54 Å². The number of hydrogen-bond donors (Lipinski definition) is 1. The average Bonchev–Trinajstić information content (AvgIpc) is 2.45. The summed E-state index contributed by atoms with van der Waals surface area (Å²) >= 11 is 0. The molecule has 3 heteroatoms. The zero-order chi connectivity index (χ0) is 14.8. The number of benzene rings is 1. The van der Waals surface area contributed by atoms with Crippen LogP contribution in [0.2, 0.25) is 0 Å². The highest BCUT2D eigenvalue weighted by atomic mass is 16.5. The average molecular weight is 278 g/mol. The Bertz CT molecular complexity index is 349. The fraction of sp³-hybridized carbons (Fsp3) is 0.647. The van der Waals surface area contributed by atoms with Crippen molar-refractivity contribution in [3.63, 3.8) is 0 Å². The van der Waals surface area contributed by atoms with Gasteiger partial charge in [-0.3, -0.25) is 0 Å². The first kappa shape index (κ1) is 17.0. The van der Waals surface area contributed by atoms with Crippen molar-refractivity contribution in [2.75, 3.05) is 40.3 Å². The van der Waals surface area contributed by atoms with Gasteiger partial charge >= 0.3 is 0 Å². The van der Waals surface area contributed by atoms with Gasteiger partial charge in [-0.05, 0) is 63.6 Å². The second-order valence-electron chi connectivity index (χ2n) is 5.63. The van der Waals surface area contributed by atoms with Crippen molar-refractivity contribution in [1.82, 2.24) is 10.2 Å². The summed E-state index contributed by atoms with van der Waals surface area (Å²) in [6.07, 6.45) is 2.35. The molecule has 1 aromatic carbocycles. The maximum absolute atomic E-state index is 5.73. The van der Waals surface area contributed by atoms with Crippen LogP contribution in [0.4, 0.5) is 0 Å². The van der Waals surface area contributed by atoms with E-state index in [-0.39, 0.29) is 0 Å². The SMILES string of the molecule is CCC(C)c1ccc(OCCNCCCN(C)C)cc1. The number of nitrogens with one attached hydrogen (secondary N) is 1. The van der Waals surface area contributed by atoms with Crippen LogP contribution in [0.25, 0.3) is 0 Å². The molecule has 0 fully saturated rings. The first-order valence-electron chi connectivity index (χ1n) is 7.71. The van der Waals surface area contributed by atoms with Crippen LogP contribution < -0.4 is 10.1 Å². The standard InChI is InChI=1S/C17H30N2O/c1-5-15(2)16-7-9-17(10-8-16)20-14-12-18-11-6-13-19(3)4/h7-10,15,18H,5-6,11-14H2,1-4H3. The summed E-state index contributed by atoms with van der Waals surface area (Å²) in [6, 6.07) is 8.50. The summed E-state index contributed by atoms with van der Waals surface area (Å²) in [5.41, 5.74) is 1.39. The summed E-state index contributed by atoms with van der Waals surface area (Å²) in [6.45, 7) is 8.29. The smallest absolute Gasteiger partial charge is 0.119 e. The van der Waals surface area contributed by atoms with E-state index in [2.05, 4.69) is 62.4 Å². The molecule has 0 saturated heterocycles. The quantitative estimate of drug-likeness (QED) is 0.666. The highest BCUT2D eigenvalue weighted by Gasteiger charge is 2.02. The van der Waals surface area contributed by atoms with Gasteiger partial charge in [0.1, 0.15) is 12.4 Å². The predicted octanol–water partition coefficient (Wildman–Crippen LogP) is 3.12. The Morgan fingerprint density at radius 3 is 2.45 bits per heavy atom. The van der Waals surface area contributed by atoms with Crippen molar-refractivity contribution in [1.29, 1.82) is 0 Å². The molecule has 0 spiro atoms. The lowest BCUT2D eigenvalue weighted by Crippen LogP contribution is -2.25. The molecule has 1 atom stereocenters. The second kappa shape index (κ2) is 9.78. The summed E-state index contributed by atoms with van der Waals surface area (Å²) in [4.78, 5) is 2.21. The summed E-state index contributed by atoms with van der Waals surface area (Å²) in [7, 11) is 4.21. The lowest BCUT2D eigenvalue weighted by molar-refractivity contribution is 0.311. The molecule has 1 rings (SSSR count). The molecule has 3 nitrogen and oxygen atoms in total. The fourth-order valence-corrected chi connectivity index (χ4v) is 2.01. The number of nitrogens with zero attached hydrogens (tertiary/aromatic N) is 1. The first-order chi connectivity index (χ1) is 9.63.